The number of rotatable bonds is 6. The van der Waals surface area contributed by atoms with Gasteiger partial charge in [-0.25, -0.2) is 4.39 Å². The molecule has 166 valence electrons. The molecule has 0 spiro atoms. The van der Waals surface area contributed by atoms with Crippen LogP contribution in [-0.2, 0) is 18.7 Å². The molecular formula is C25H25ClFN3O2. The molecule has 0 bridgehead atoms. The highest BCUT2D eigenvalue weighted by Crippen LogP contribution is 2.32. The Labute approximate surface area is 191 Å². The minimum Gasteiger partial charge on any atom is -0.383 e. The van der Waals surface area contributed by atoms with Crippen molar-refractivity contribution in [3.8, 4) is 0 Å². The van der Waals surface area contributed by atoms with Gasteiger partial charge in [-0.05, 0) is 72.5 Å². The molecule has 0 unspecified atom stereocenters. The second kappa shape index (κ2) is 9.77. The molecule has 0 aliphatic carbocycles. The summed E-state index contributed by atoms with van der Waals surface area (Å²) in [4.78, 5) is 19.0. The molecule has 4 rings (SSSR count). The number of carbonyl (C=O) groups excluding carboxylic acids is 1. The number of piperidine rings is 1. The number of hydrogen-bond donors (Lipinski definition) is 2. The summed E-state index contributed by atoms with van der Waals surface area (Å²) in [6.07, 6.45) is 2.78. The van der Waals surface area contributed by atoms with E-state index in [1.165, 1.54) is 12.1 Å². The number of halogens is 2. The van der Waals surface area contributed by atoms with Gasteiger partial charge in [0.1, 0.15) is 11.4 Å². The number of carbonyl (C=O) groups is 1. The Kier molecular flexibility index (Phi) is 6.84. The first-order valence-electron chi connectivity index (χ1n) is 10.6. The highest BCUT2D eigenvalue weighted by Gasteiger charge is 2.35. The van der Waals surface area contributed by atoms with Gasteiger partial charge >= 0.3 is 0 Å². The highest BCUT2D eigenvalue weighted by atomic mass is 35.5. The van der Waals surface area contributed by atoms with Gasteiger partial charge in [0.2, 0.25) is 0 Å². The van der Waals surface area contributed by atoms with Crippen molar-refractivity contribution in [1.29, 1.82) is 0 Å². The third kappa shape index (κ3) is 5.51. The van der Waals surface area contributed by atoms with Crippen LogP contribution < -0.4 is 5.32 Å². The Morgan fingerprint density at radius 3 is 2.44 bits per heavy atom. The SMILES string of the molecule is O=C(NCc1ccnc(C2(O)CCN(Cc3ccc(F)cc3)CC2)c1)c1ccc(Cl)cc1. The van der Waals surface area contributed by atoms with Crippen molar-refractivity contribution in [1.82, 2.24) is 15.2 Å². The zero-order chi connectivity index (χ0) is 22.6. The number of nitrogens with zero attached hydrogens (tertiary/aromatic N) is 2. The number of hydrogen-bond acceptors (Lipinski definition) is 4. The zero-order valence-electron chi connectivity index (χ0n) is 17.6. The fourth-order valence-electron chi connectivity index (χ4n) is 3.91. The van der Waals surface area contributed by atoms with Gasteiger partial charge in [-0.15, -0.1) is 0 Å². The molecule has 1 amide bonds. The Bertz CT molecular complexity index is 1070. The van der Waals surface area contributed by atoms with Gasteiger partial charge in [0, 0.05) is 43.0 Å². The normalized spacial score (nSPS) is 16.0. The van der Waals surface area contributed by atoms with Crippen LogP contribution in [0.25, 0.3) is 0 Å². The van der Waals surface area contributed by atoms with E-state index in [4.69, 9.17) is 11.6 Å². The van der Waals surface area contributed by atoms with Crippen molar-refractivity contribution in [3.05, 3.63) is 100 Å². The summed E-state index contributed by atoms with van der Waals surface area (Å²) in [5.41, 5.74) is 2.08. The van der Waals surface area contributed by atoms with E-state index in [1.54, 1.807) is 42.6 Å². The van der Waals surface area contributed by atoms with Crippen molar-refractivity contribution in [2.75, 3.05) is 13.1 Å². The molecule has 0 atom stereocenters. The third-order valence-electron chi connectivity index (χ3n) is 5.86. The molecule has 0 saturated carbocycles. The molecule has 32 heavy (non-hydrogen) atoms. The molecular weight excluding hydrogens is 429 g/mol. The molecule has 2 heterocycles. The molecule has 5 nitrogen and oxygen atoms in total. The van der Waals surface area contributed by atoms with Crippen molar-refractivity contribution in [3.63, 3.8) is 0 Å². The maximum absolute atomic E-state index is 13.1. The predicted octanol–water partition coefficient (Wildman–Crippen LogP) is 4.29. The number of nitrogens with one attached hydrogen (secondary N) is 1. The molecule has 1 aromatic heterocycles. The van der Waals surface area contributed by atoms with E-state index in [0.717, 1.165) is 17.7 Å². The van der Waals surface area contributed by atoms with Crippen molar-refractivity contribution >= 4 is 17.5 Å². The van der Waals surface area contributed by atoms with Crippen molar-refractivity contribution in [2.45, 2.75) is 31.5 Å². The van der Waals surface area contributed by atoms with Crippen LogP contribution in [0.5, 0.6) is 0 Å². The van der Waals surface area contributed by atoms with Crippen molar-refractivity contribution in [2.24, 2.45) is 0 Å². The lowest BCUT2D eigenvalue weighted by Crippen LogP contribution is -2.42. The molecule has 1 saturated heterocycles. The first kappa shape index (κ1) is 22.4. The maximum Gasteiger partial charge on any atom is 0.251 e. The van der Waals surface area contributed by atoms with E-state index in [-0.39, 0.29) is 11.7 Å². The number of aliphatic hydroxyl groups is 1. The summed E-state index contributed by atoms with van der Waals surface area (Å²) in [5, 5.41) is 14.7. The largest absolute Gasteiger partial charge is 0.383 e. The van der Waals surface area contributed by atoms with Crippen LogP contribution in [-0.4, -0.2) is 34.0 Å². The van der Waals surface area contributed by atoms with Crippen LogP contribution in [0.1, 0.15) is 40.0 Å². The van der Waals surface area contributed by atoms with E-state index in [1.807, 2.05) is 12.1 Å². The maximum atomic E-state index is 13.1. The summed E-state index contributed by atoms with van der Waals surface area (Å²) < 4.78 is 13.1. The molecule has 2 N–H and O–H groups in total. The van der Waals surface area contributed by atoms with E-state index in [2.05, 4.69) is 15.2 Å². The summed E-state index contributed by atoms with van der Waals surface area (Å²) in [5.74, 6) is -0.426. The highest BCUT2D eigenvalue weighted by molar-refractivity contribution is 6.30. The van der Waals surface area contributed by atoms with Crippen LogP contribution in [0.2, 0.25) is 5.02 Å². The van der Waals surface area contributed by atoms with Crippen LogP contribution in [0.4, 0.5) is 4.39 Å². The Morgan fingerprint density at radius 2 is 1.75 bits per heavy atom. The van der Waals surface area contributed by atoms with Crippen LogP contribution >= 0.6 is 11.6 Å². The monoisotopic (exact) mass is 453 g/mol. The number of benzene rings is 2. The predicted molar refractivity (Wildman–Crippen MR) is 122 cm³/mol. The Balaban J connectivity index is 1.34. The molecule has 7 heteroatoms. The Hall–Kier alpha value is -2.80. The van der Waals surface area contributed by atoms with Gasteiger partial charge in [-0.1, -0.05) is 23.7 Å². The molecule has 0 radical (unpaired) electrons. The zero-order valence-corrected chi connectivity index (χ0v) is 18.4. The Morgan fingerprint density at radius 1 is 1.06 bits per heavy atom. The smallest absolute Gasteiger partial charge is 0.251 e. The third-order valence-corrected chi connectivity index (χ3v) is 6.12. The molecule has 2 aromatic carbocycles. The number of aromatic nitrogens is 1. The summed E-state index contributed by atoms with van der Waals surface area (Å²) in [7, 11) is 0. The topological polar surface area (TPSA) is 65.5 Å². The van der Waals surface area contributed by atoms with E-state index in [0.29, 0.717) is 48.8 Å². The van der Waals surface area contributed by atoms with Crippen LogP contribution in [0.3, 0.4) is 0 Å². The first-order chi connectivity index (χ1) is 15.4. The van der Waals surface area contributed by atoms with Gasteiger partial charge in [-0.2, -0.15) is 0 Å². The second-order valence-electron chi connectivity index (χ2n) is 8.17. The minimum atomic E-state index is -1.00. The second-order valence-corrected chi connectivity index (χ2v) is 8.61. The number of amides is 1. The fourth-order valence-corrected chi connectivity index (χ4v) is 4.04. The van der Waals surface area contributed by atoms with E-state index in [9.17, 15) is 14.3 Å². The fraction of sp³-hybridized carbons (Fsp3) is 0.280. The van der Waals surface area contributed by atoms with Gasteiger partial charge in [0.05, 0.1) is 5.69 Å². The van der Waals surface area contributed by atoms with Crippen molar-refractivity contribution < 1.29 is 14.3 Å². The van der Waals surface area contributed by atoms with Crippen LogP contribution in [0.15, 0.2) is 66.9 Å². The van der Waals surface area contributed by atoms with Gasteiger partial charge < -0.3 is 10.4 Å². The molecule has 1 aliphatic rings. The van der Waals surface area contributed by atoms with Gasteiger partial charge in [-0.3, -0.25) is 14.7 Å². The van der Waals surface area contributed by atoms with Crippen LogP contribution in [0, 0.1) is 5.82 Å². The standard InChI is InChI=1S/C25H25ClFN3O2/c26-21-5-3-20(4-6-21)24(31)29-16-19-9-12-28-23(15-19)25(32)10-13-30(14-11-25)17-18-1-7-22(27)8-2-18/h1-9,12,15,32H,10-11,13-14,16-17H2,(H,29,31). The van der Waals surface area contributed by atoms with Gasteiger partial charge in [0.15, 0.2) is 0 Å². The lowest BCUT2D eigenvalue weighted by Gasteiger charge is -2.38. The van der Waals surface area contributed by atoms with E-state index < -0.39 is 5.60 Å². The molecule has 3 aromatic rings. The summed E-state index contributed by atoms with van der Waals surface area (Å²) >= 11 is 5.87. The number of likely N-dealkylation sites (tertiary alicyclic amines) is 1. The minimum absolute atomic E-state index is 0.187. The lowest BCUT2D eigenvalue weighted by atomic mass is 9.87. The number of pyridine rings is 1. The molecule has 1 aliphatic heterocycles. The average molecular weight is 454 g/mol. The summed E-state index contributed by atoms with van der Waals surface area (Å²) in [6.45, 7) is 2.49. The van der Waals surface area contributed by atoms with E-state index >= 15 is 0 Å². The lowest BCUT2D eigenvalue weighted by molar-refractivity contribution is -0.0311. The average Bonchev–Trinajstić information content (AvgIpc) is 2.81. The first-order valence-corrected chi connectivity index (χ1v) is 11.0. The van der Waals surface area contributed by atoms with Gasteiger partial charge in [0.25, 0.3) is 5.91 Å². The molecule has 1 fully saturated rings. The summed E-state index contributed by atoms with van der Waals surface area (Å²) in [6, 6.07) is 16.9. The quantitative estimate of drug-likeness (QED) is 0.584.